The van der Waals surface area contributed by atoms with Crippen LogP contribution in [0.15, 0.2) is 18.3 Å². The number of aromatic nitrogens is 1. The summed E-state index contributed by atoms with van der Waals surface area (Å²) in [6.45, 7) is 3.29. The van der Waals surface area contributed by atoms with Crippen LogP contribution in [0.1, 0.15) is 28.2 Å². The second-order valence-corrected chi connectivity index (χ2v) is 7.23. The Morgan fingerprint density at radius 1 is 1.45 bits per heavy atom. The summed E-state index contributed by atoms with van der Waals surface area (Å²) in [6.07, 6.45) is 4.00. The molecule has 2 aromatic heterocycles. The Kier molecular flexibility index (Phi) is 3.32. The van der Waals surface area contributed by atoms with Gasteiger partial charge in [0, 0.05) is 35.4 Å². The van der Waals surface area contributed by atoms with Crippen LogP contribution >= 0.6 is 11.3 Å². The lowest BCUT2D eigenvalue weighted by molar-refractivity contribution is 0.0904. The van der Waals surface area contributed by atoms with Crippen molar-refractivity contribution in [1.29, 1.82) is 5.26 Å². The first-order valence-electron chi connectivity index (χ1n) is 7.54. The minimum atomic E-state index is -0.110. The molecule has 112 valence electrons. The van der Waals surface area contributed by atoms with Crippen LogP contribution < -0.4 is 5.32 Å². The van der Waals surface area contributed by atoms with Gasteiger partial charge in [-0.15, -0.1) is 11.3 Å². The number of nitrogens with zero attached hydrogens (tertiary/aromatic N) is 3. The third kappa shape index (κ3) is 2.47. The highest BCUT2D eigenvalue weighted by Gasteiger charge is 2.33. The molecule has 2 saturated heterocycles. The van der Waals surface area contributed by atoms with Gasteiger partial charge in [-0.05, 0) is 37.4 Å². The molecule has 2 aliphatic heterocycles. The highest BCUT2D eigenvalue weighted by molar-refractivity contribution is 7.19. The van der Waals surface area contributed by atoms with Gasteiger partial charge in [0.25, 0.3) is 5.91 Å². The van der Waals surface area contributed by atoms with E-state index in [9.17, 15) is 4.79 Å². The Morgan fingerprint density at radius 2 is 2.36 bits per heavy atom. The second kappa shape index (κ2) is 5.34. The van der Waals surface area contributed by atoms with Gasteiger partial charge in [-0.2, -0.15) is 5.26 Å². The van der Waals surface area contributed by atoms with E-state index < -0.39 is 0 Å². The maximum absolute atomic E-state index is 12.4. The molecule has 2 fully saturated rings. The lowest BCUT2D eigenvalue weighted by Crippen LogP contribution is -2.47. The number of fused-ring (bicyclic) bond motifs is 3. The molecule has 6 heteroatoms. The van der Waals surface area contributed by atoms with Crippen LogP contribution in [0.25, 0.3) is 10.1 Å². The molecule has 0 aromatic carbocycles. The van der Waals surface area contributed by atoms with Crippen molar-refractivity contribution in [3.8, 4) is 6.07 Å². The molecule has 0 spiro atoms. The number of nitrogens with one attached hydrogen (secondary N) is 1. The van der Waals surface area contributed by atoms with Crippen LogP contribution in [0.5, 0.6) is 0 Å². The monoisotopic (exact) mass is 312 g/mol. The summed E-state index contributed by atoms with van der Waals surface area (Å²) in [4.78, 5) is 19.7. The van der Waals surface area contributed by atoms with Crippen LogP contribution in [0, 0.1) is 17.2 Å². The lowest BCUT2D eigenvalue weighted by atomic mass is 9.97. The number of carbonyl (C=O) groups is 1. The molecule has 4 heterocycles. The fraction of sp³-hybridized carbons (Fsp3) is 0.438. The second-order valence-electron chi connectivity index (χ2n) is 6.15. The Morgan fingerprint density at radius 3 is 3.18 bits per heavy atom. The van der Waals surface area contributed by atoms with Crippen molar-refractivity contribution in [2.75, 3.05) is 19.6 Å². The fourth-order valence-corrected chi connectivity index (χ4v) is 4.40. The first kappa shape index (κ1) is 13.7. The normalized spacial score (nSPS) is 26.8. The van der Waals surface area contributed by atoms with E-state index in [0.29, 0.717) is 10.6 Å². The van der Waals surface area contributed by atoms with Gasteiger partial charge in [0.1, 0.15) is 16.6 Å². The topological polar surface area (TPSA) is 69.0 Å². The summed E-state index contributed by atoms with van der Waals surface area (Å²) < 4.78 is 0.934. The third-order valence-electron chi connectivity index (χ3n) is 4.55. The maximum atomic E-state index is 12.4. The zero-order chi connectivity index (χ0) is 15.1. The summed E-state index contributed by atoms with van der Waals surface area (Å²) in [5, 5.41) is 13.0. The Labute approximate surface area is 132 Å². The van der Waals surface area contributed by atoms with E-state index in [-0.39, 0.29) is 11.9 Å². The Balaban J connectivity index is 1.51. The SMILES string of the molecule is N#Cc1cc2cnc(C(=O)N[C@@H]3C[C@H]4CCN(C4)C3)cc2s1. The number of carbonyl (C=O) groups excluding carboxylic acids is 1. The van der Waals surface area contributed by atoms with Gasteiger partial charge >= 0.3 is 0 Å². The van der Waals surface area contributed by atoms with Gasteiger partial charge in [0.15, 0.2) is 0 Å². The first-order valence-corrected chi connectivity index (χ1v) is 8.36. The number of piperidine rings is 1. The number of amides is 1. The first-order chi connectivity index (χ1) is 10.7. The van der Waals surface area contributed by atoms with Gasteiger partial charge in [-0.3, -0.25) is 9.78 Å². The van der Waals surface area contributed by atoms with Crippen molar-refractivity contribution in [1.82, 2.24) is 15.2 Å². The molecule has 1 unspecified atom stereocenters. The quantitative estimate of drug-likeness (QED) is 0.921. The zero-order valence-corrected chi connectivity index (χ0v) is 12.9. The summed E-state index contributed by atoms with van der Waals surface area (Å²) >= 11 is 1.40. The molecule has 5 nitrogen and oxygen atoms in total. The standard InChI is InChI=1S/C16H16N4OS/c17-6-13-4-11-7-18-14(5-15(11)22-13)16(21)19-12-3-10-1-2-20(8-10)9-12/h4-5,7,10,12H,1-3,8-9H2,(H,19,21)/t10-,12-/m1/s1. The predicted octanol–water partition coefficient (Wildman–Crippen LogP) is 1.99. The summed E-state index contributed by atoms with van der Waals surface area (Å²) in [5.41, 5.74) is 0.437. The molecule has 0 radical (unpaired) electrons. The molecule has 0 aliphatic carbocycles. The van der Waals surface area contributed by atoms with Crippen molar-refractivity contribution in [3.63, 3.8) is 0 Å². The van der Waals surface area contributed by atoms with Crippen molar-refractivity contribution in [3.05, 3.63) is 28.9 Å². The number of thiophene rings is 1. The molecule has 2 aromatic rings. The van der Waals surface area contributed by atoms with E-state index in [4.69, 9.17) is 5.26 Å². The van der Waals surface area contributed by atoms with Crippen molar-refractivity contribution >= 4 is 27.3 Å². The average Bonchev–Trinajstić information content (AvgIpc) is 3.09. The lowest BCUT2D eigenvalue weighted by Gasteiger charge is -2.30. The molecule has 1 N–H and O–H groups in total. The average molecular weight is 312 g/mol. The molecule has 2 aliphatic rings. The van der Waals surface area contributed by atoms with E-state index in [2.05, 4.69) is 21.3 Å². The zero-order valence-electron chi connectivity index (χ0n) is 12.1. The Hall–Kier alpha value is -1.97. The van der Waals surface area contributed by atoms with Gasteiger partial charge in [-0.1, -0.05) is 0 Å². The molecule has 1 amide bonds. The largest absolute Gasteiger partial charge is 0.347 e. The molecule has 4 rings (SSSR count). The molecular formula is C16H16N4OS. The van der Waals surface area contributed by atoms with Crippen LogP contribution in [0.2, 0.25) is 0 Å². The van der Waals surface area contributed by atoms with Crippen LogP contribution in [0.3, 0.4) is 0 Å². The number of nitriles is 1. The Bertz CT molecular complexity index is 766. The fourth-order valence-electron chi connectivity index (χ4n) is 3.54. The van der Waals surface area contributed by atoms with E-state index in [1.165, 1.54) is 24.3 Å². The van der Waals surface area contributed by atoms with Gasteiger partial charge in [0.05, 0.1) is 0 Å². The third-order valence-corrected chi connectivity index (χ3v) is 5.55. The van der Waals surface area contributed by atoms with Crippen LogP contribution in [-0.4, -0.2) is 41.5 Å². The van der Waals surface area contributed by atoms with E-state index in [0.717, 1.165) is 35.5 Å². The van der Waals surface area contributed by atoms with E-state index >= 15 is 0 Å². The molecule has 2 bridgehead atoms. The van der Waals surface area contributed by atoms with Crippen molar-refractivity contribution < 1.29 is 4.79 Å². The van der Waals surface area contributed by atoms with Gasteiger partial charge in [0.2, 0.25) is 0 Å². The van der Waals surface area contributed by atoms with Gasteiger partial charge in [-0.25, -0.2) is 0 Å². The number of pyridine rings is 1. The van der Waals surface area contributed by atoms with Crippen LogP contribution in [0.4, 0.5) is 0 Å². The smallest absolute Gasteiger partial charge is 0.270 e. The van der Waals surface area contributed by atoms with E-state index in [1.54, 1.807) is 18.3 Å². The maximum Gasteiger partial charge on any atom is 0.270 e. The molecular weight excluding hydrogens is 296 g/mol. The van der Waals surface area contributed by atoms with Crippen molar-refractivity contribution in [2.24, 2.45) is 5.92 Å². The molecule has 22 heavy (non-hydrogen) atoms. The van der Waals surface area contributed by atoms with E-state index in [1.807, 2.05) is 0 Å². The highest BCUT2D eigenvalue weighted by Crippen LogP contribution is 2.27. The molecule has 3 atom stereocenters. The predicted molar refractivity (Wildman–Crippen MR) is 84.8 cm³/mol. The molecule has 0 saturated carbocycles. The van der Waals surface area contributed by atoms with Crippen LogP contribution in [-0.2, 0) is 0 Å². The summed E-state index contributed by atoms with van der Waals surface area (Å²) in [6, 6.07) is 5.95. The minimum absolute atomic E-state index is 0.110. The summed E-state index contributed by atoms with van der Waals surface area (Å²) in [5.74, 6) is 0.617. The highest BCUT2D eigenvalue weighted by atomic mass is 32.1. The summed E-state index contributed by atoms with van der Waals surface area (Å²) in [7, 11) is 0. The van der Waals surface area contributed by atoms with Gasteiger partial charge < -0.3 is 10.2 Å². The number of hydrogen-bond acceptors (Lipinski definition) is 5. The minimum Gasteiger partial charge on any atom is -0.347 e. The van der Waals surface area contributed by atoms with Crippen molar-refractivity contribution in [2.45, 2.75) is 18.9 Å². The number of rotatable bonds is 2. The number of hydrogen-bond donors (Lipinski definition) is 1.